The van der Waals surface area contributed by atoms with Crippen molar-refractivity contribution in [1.82, 2.24) is 4.90 Å². The van der Waals surface area contributed by atoms with Gasteiger partial charge in [-0.25, -0.2) is 0 Å². The van der Waals surface area contributed by atoms with Gasteiger partial charge in [-0.3, -0.25) is 9.69 Å². The van der Waals surface area contributed by atoms with E-state index in [1.54, 1.807) is 0 Å². The summed E-state index contributed by atoms with van der Waals surface area (Å²) in [6.07, 6.45) is 8.39. The molecular weight excluding hydrogens is 286 g/mol. The first kappa shape index (κ1) is 22.4. The second-order valence-corrected chi connectivity index (χ2v) is 7.32. The second-order valence-electron chi connectivity index (χ2n) is 7.32. The topological polar surface area (TPSA) is 29.5 Å². The predicted octanol–water partition coefficient (Wildman–Crippen LogP) is 5.28. The number of esters is 1. The zero-order valence-electron chi connectivity index (χ0n) is 16.6. The Bertz CT molecular complexity index is 294. The highest BCUT2D eigenvalue weighted by Gasteiger charge is 2.36. The fraction of sp³-hybridized carbons (Fsp3) is 0.950. The first-order valence-corrected chi connectivity index (χ1v) is 9.81. The van der Waals surface area contributed by atoms with Crippen LogP contribution in [0.4, 0.5) is 0 Å². The van der Waals surface area contributed by atoms with Gasteiger partial charge >= 0.3 is 5.97 Å². The van der Waals surface area contributed by atoms with Crippen LogP contribution in [0.5, 0.6) is 0 Å². The van der Waals surface area contributed by atoms with Crippen molar-refractivity contribution in [1.29, 1.82) is 0 Å². The van der Waals surface area contributed by atoms with E-state index >= 15 is 0 Å². The minimum absolute atomic E-state index is 0.0305. The molecule has 0 spiro atoms. The minimum atomic E-state index is -0.352. The standard InChI is InChI=1S/C20H41NO2/c1-7-10-12-14-21(15-13-11-8-2)16-17-23-19(22)20(6,9-3)18(4)5/h18H,7-17H2,1-6H3. The summed E-state index contributed by atoms with van der Waals surface area (Å²) >= 11 is 0. The van der Waals surface area contributed by atoms with Crippen molar-refractivity contribution < 1.29 is 9.53 Å². The zero-order valence-corrected chi connectivity index (χ0v) is 16.6. The van der Waals surface area contributed by atoms with Gasteiger partial charge in [-0.1, -0.05) is 60.3 Å². The molecule has 0 bridgehead atoms. The molecule has 1 unspecified atom stereocenters. The minimum Gasteiger partial charge on any atom is -0.464 e. The maximum Gasteiger partial charge on any atom is 0.312 e. The van der Waals surface area contributed by atoms with E-state index in [9.17, 15) is 4.79 Å². The predicted molar refractivity (Wildman–Crippen MR) is 99.7 cm³/mol. The summed E-state index contributed by atoms with van der Waals surface area (Å²) in [5, 5.41) is 0. The molecule has 1 atom stereocenters. The summed E-state index contributed by atoms with van der Waals surface area (Å²) in [5.41, 5.74) is -0.352. The van der Waals surface area contributed by atoms with Gasteiger partial charge in [0.25, 0.3) is 0 Å². The van der Waals surface area contributed by atoms with Crippen LogP contribution in [0.15, 0.2) is 0 Å². The highest BCUT2D eigenvalue weighted by Crippen LogP contribution is 2.32. The monoisotopic (exact) mass is 327 g/mol. The van der Waals surface area contributed by atoms with Crippen molar-refractivity contribution in [3.63, 3.8) is 0 Å². The van der Waals surface area contributed by atoms with Gasteiger partial charge in [0.15, 0.2) is 0 Å². The van der Waals surface area contributed by atoms with Crippen LogP contribution in [0.25, 0.3) is 0 Å². The Labute approximate surface area is 145 Å². The van der Waals surface area contributed by atoms with E-state index in [-0.39, 0.29) is 11.4 Å². The molecule has 138 valence electrons. The fourth-order valence-electron chi connectivity index (χ4n) is 2.73. The molecule has 0 aliphatic carbocycles. The summed E-state index contributed by atoms with van der Waals surface area (Å²) in [4.78, 5) is 14.9. The third-order valence-corrected chi connectivity index (χ3v) is 5.27. The van der Waals surface area contributed by atoms with Crippen LogP contribution in [0.3, 0.4) is 0 Å². The van der Waals surface area contributed by atoms with E-state index in [1.807, 2.05) is 6.92 Å². The number of hydrogen-bond donors (Lipinski definition) is 0. The number of hydrogen-bond acceptors (Lipinski definition) is 3. The Morgan fingerprint density at radius 2 is 1.48 bits per heavy atom. The van der Waals surface area contributed by atoms with Crippen molar-refractivity contribution in [3.05, 3.63) is 0 Å². The molecule has 0 amide bonds. The van der Waals surface area contributed by atoms with Crippen molar-refractivity contribution >= 4 is 5.97 Å². The fourth-order valence-corrected chi connectivity index (χ4v) is 2.73. The van der Waals surface area contributed by atoms with E-state index in [1.165, 1.54) is 38.5 Å². The molecule has 0 saturated carbocycles. The summed E-state index contributed by atoms with van der Waals surface area (Å²) in [7, 11) is 0. The first-order valence-electron chi connectivity index (χ1n) is 9.81. The van der Waals surface area contributed by atoms with Gasteiger partial charge in [-0.15, -0.1) is 0 Å². The lowest BCUT2D eigenvalue weighted by atomic mass is 9.77. The molecule has 0 rings (SSSR count). The Balaban J connectivity index is 4.28. The van der Waals surface area contributed by atoms with Crippen molar-refractivity contribution in [2.75, 3.05) is 26.2 Å². The van der Waals surface area contributed by atoms with Gasteiger partial charge in [0.1, 0.15) is 6.61 Å². The molecule has 0 aromatic rings. The average molecular weight is 328 g/mol. The normalized spacial score (nSPS) is 14.3. The largest absolute Gasteiger partial charge is 0.464 e. The van der Waals surface area contributed by atoms with Crippen LogP contribution < -0.4 is 0 Å². The highest BCUT2D eigenvalue weighted by molar-refractivity contribution is 5.76. The molecule has 0 N–H and O–H groups in total. The number of unbranched alkanes of at least 4 members (excludes halogenated alkanes) is 4. The molecule has 23 heavy (non-hydrogen) atoms. The average Bonchev–Trinajstić information content (AvgIpc) is 2.53. The molecule has 3 nitrogen and oxygen atoms in total. The summed E-state index contributed by atoms with van der Waals surface area (Å²) in [5.74, 6) is 0.280. The molecule has 0 radical (unpaired) electrons. The Kier molecular flexibility index (Phi) is 12.5. The number of carbonyl (C=O) groups excluding carboxylic acids is 1. The lowest BCUT2D eigenvalue weighted by molar-refractivity contribution is -0.158. The van der Waals surface area contributed by atoms with Crippen LogP contribution >= 0.6 is 0 Å². The molecule has 0 aromatic carbocycles. The van der Waals surface area contributed by atoms with Gasteiger partial charge < -0.3 is 4.74 Å². The van der Waals surface area contributed by atoms with E-state index in [0.717, 1.165) is 26.1 Å². The molecule has 0 saturated heterocycles. The van der Waals surface area contributed by atoms with Crippen LogP contribution in [0.1, 0.15) is 86.5 Å². The van der Waals surface area contributed by atoms with Crippen LogP contribution in [-0.2, 0) is 9.53 Å². The summed E-state index contributed by atoms with van der Waals surface area (Å²) in [6, 6.07) is 0. The highest BCUT2D eigenvalue weighted by atomic mass is 16.5. The quantitative estimate of drug-likeness (QED) is 0.321. The van der Waals surface area contributed by atoms with E-state index < -0.39 is 0 Å². The van der Waals surface area contributed by atoms with Crippen molar-refractivity contribution in [3.8, 4) is 0 Å². The molecule has 0 fully saturated rings. The van der Waals surface area contributed by atoms with Crippen LogP contribution in [-0.4, -0.2) is 37.1 Å². The number of ether oxygens (including phenoxy) is 1. The van der Waals surface area contributed by atoms with Gasteiger partial charge in [0, 0.05) is 6.54 Å². The van der Waals surface area contributed by atoms with E-state index in [4.69, 9.17) is 4.74 Å². The lowest BCUT2D eigenvalue weighted by Crippen LogP contribution is -2.37. The molecule has 3 heteroatoms. The maximum atomic E-state index is 12.4. The Morgan fingerprint density at radius 3 is 1.87 bits per heavy atom. The maximum absolute atomic E-state index is 12.4. The number of rotatable bonds is 14. The van der Waals surface area contributed by atoms with Gasteiger partial charge in [-0.2, -0.15) is 0 Å². The zero-order chi connectivity index (χ0) is 17.7. The van der Waals surface area contributed by atoms with Gasteiger partial charge in [0.05, 0.1) is 5.41 Å². The van der Waals surface area contributed by atoms with Gasteiger partial charge in [-0.05, 0) is 45.2 Å². The Morgan fingerprint density at radius 1 is 0.957 bits per heavy atom. The molecule has 0 heterocycles. The molecule has 0 aliphatic rings. The molecule has 0 aliphatic heterocycles. The first-order chi connectivity index (χ1) is 10.9. The van der Waals surface area contributed by atoms with Crippen molar-refractivity contribution in [2.24, 2.45) is 11.3 Å². The summed E-state index contributed by atoms with van der Waals surface area (Å²) in [6.45, 7) is 16.4. The Hall–Kier alpha value is -0.570. The lowest BCUT2D eigenvalue weighted by Gasteiger charge is -2.30. The van der Waals surface area contributed by atoms with Gasteiger partial charge in [0.2, 0.25) is 0 Å². The van der Waals surface area contributed by atoms with Crippen molar-refractivity contribution in [2.45, 2.75) is 86.5 Å². The third-order valence-electron chi connectivity index (χ3n) is 5.27. The molecular formula is C20H41NO2. The molecule has 0 aromatic heterocycles. The van der Waals surface area contributed by atoms with E-state index in [2.05, 4.69) is 39.5 Å². The summed E-state index contributed by atoms with van der Waals surface area (Å²) < 4.78 is 5.62. The number of carbonyl (C=O) groups is 1. The SMILES string of the molecule is CCCCCN(CCCCC)CCOC(=O)C(C)(CC)C(C)C. The second kappa shape index (κ2) is 12.8. The van der Waals surface area contributed by atoms with Crippen LogP contribution in [0, 0.1) is 11.3 Å². The van der Waals surface area contributed by atoms with Crippen LogP contribution in [0.2, 0.25) is 0 Å². The smallest absolute Gasteiger partial charge is 0.312 e. The number of nitrogens with zero attached hydrogens (tertiary/aromatic N) is 1. The third kappa shape index (κ3) is 8.74. The van der Waals surface area contributed by atoms with E-state index in [0.29, 0.717) is 12.5 Å².